The molecule has 4 N–H and O–H groups in total. The van der Waals surface area contributed by atoms with Crippen molar-refractivity contribution in [3.8, 4) is 11.3 Å². The average Bonchev–Trinajstić information content (AvgIpc) is 3.39. The molecule has 1 fully saturated rings. The van der Waals surface area contributed by atoms with Gasteiger partial charge in [-0.1, -0.05) is 17.3 Å². The number of hydrogen-bond acceptors (Lipinski definition) is 8. The molecule has 138 valence electrons. The van der Waals surface area contributed by atoms with Crippen molar-refractivity contribution in [2.24, 2.45) is 0 Å². The molecule has 0 unspecified atom stereocenters. The minimum absolute atomic E-state index is 0.207. The summed E-state index contributed by atoms with van der Waals surface area (Å²) >= 11 is 0. The summed E-state index contributed by atoms with van der Waals surface area (Å²) < 4.78 is 0. The van der Waals surface area contributed by atoms with Gasteiger partial charge >= 0.3 is 0 Å². The van der Waals surface area contributed by atoms with Gasteiger partial charge in [0.05, 0.1) is 12.2 Å². The Hall–Kier alpha value is -3.56. The third kappa shape index (κ3) is 3.84. The quantitative estimate of drug-likeness (QED) is 0.602. The number of anilines is 2. The lowest BCUT2D eigenvalue weighted by molar-refractivity contribution is 0.0950. The zero-order valence-corrected chi connectivity index (χ0v) is 14.6. The van der Waals surface area contributed by atoms with Crippen LogP contribution in [0.1, 0.15) is 29.0 Å². The van der Waals surface area contributed by atoms with Crippen molar-refractivity contribution < 1.29 is 4.79 Å². The number of hydrogen-bond donors (Lipinski definition) is 3. The number of carbonyl (C=O) groups excluding carboxylic acids is 1. The molecule has 4 rings (SSSR count). The zero-order chi connectivity index (χ0) is 18.6. The van der Waals surface area contributed by atoms with Gasteiger partial charge < -0.3 is 16.0 Å². The Morgan fingerprint density at radius 2 is 1.96 bits per heavy atom. The number of nitrogens with one attached hydrogen (secondary N) is 2. The van der Waals surface area contributed by atoms with Crippen LogP contribution < -0.4 is 16.0 Å². The van der Waals surface area contributed by atoms with E-state index in [9.17, 15) is 4.79 Å². The maximum absolute atomic E-state index is 12.2. The Balaban J connectivity index is 1.49. The summed E-state index contributed by atoms with van der Waals surface area (Å²) in [4.78, 5) is 23.3. The maximum Gasteiger partial charge on any atom is 0.251 e. The second-order valence-electron chi connectivity index (χ2n) is 6.26. The fraction of sp³-hybridized carbons (Fsp3) is 0.294. The number of amides is 1. The molecule has 0 atom stereocenters. The summed E-state index contributed by atoms with van der Waals surface area (Å²) in [5.41, 5.74) is 8.11. The van der Waals surface area contributed by atoms with Gasteiger partial charge in [0.1, 0.15) is 5.82 Å². The van der Waals surface area contributed by atoms with E-state index in [0.29, 0.717) is 23.2 Å². The van der Waals surface area contributed by atoms with Gasteiger partial charge in [-0.3, -0.25) is 4.79 Å². The molecule has 0 spiro atoms. The van der Waals surface area contributed by atoms with Crippen molar-refractivity contribution in [2.45, 2.75) is 19.4 Å². The van der Waals surface area contributed by atoms with Gasteiger partial charge in [0.15, 0.2) is 5.82 Å². The van der Waals surface area contributed by atoms with Crippen molar-refractivity contribution in [3.05, 3.63) is 41.7 Å². The smallest absolute Gasteiger partial charge is 0.251 e. The average molecular weight is 365 g/mol. The predicted molar refractivity (Wildman–Crippen MR) is 98.7 cm³/mol. The second kappa shape index (κ2) is 7.36. The first kappa shape index (κ1) is 16.9. The van der Waals surface area contributed by atoms with Crippen LogP contribution in [0.25, 0.3) is 11.3 Å². The van der Waals surface area contributed by atoms with Gasteiger partial charge in [-0.05, 0) is 25.0 Å². The van der Waals surface area contributed by atoms with Gasteiger partial charge in [0.25, 0.3) is 5.91 Å². The Labute approximate surface area is 155 Å². The maximum atomic E-state index is 12.2. The Morgan fingerprint density at radius 3 is 2.67 bits per heavy atom. The summed E-state index contributed by atoms with van der Waals surface area (Å²) in [6, 6.07) is 8.92. The van der Waals surface area contributed by atoms with Crippen LogP contribution in [0.2, 0.25) is 0 Å². The third-order valence-electron chi connectivity index (χ3n) is 4.36. The van der Waals surface area contributed by atoms with Crippen LogP contribution in [0.4, 0.5) is 11.8 Å². The number of aromatic amines is 1. The molecule has 1 aliphatic heterocycles. The molecule has 27 heavy (non-hydrogen) atoms. The molecule has 10 nitrogen and oxygen atoms in total. The minimum Gasteiger partial charge on any atom is -0.384 e. The largest absolute Gasteiger partial charge is 0.384 e. The molecular formula is C17H19N9O. The van der Waals surface area contributed by atoms with E-state index in [1.807, 2.05) is 12.1 Å². The van der Waals surface area contributed by atoms with E-state index in [2.05, 4.69) is 40.8 Å². The highest BCUT2D eigenvalue weighted by Gasteiger charge is 2.17. The fourth-order valence-electron chi connectivity index (χ4n) is 2.97. The van der Waals surface area contributed by atoms with Gasteiger partial charge in [0.2, 0.25) is 5.95 Å². The van der Waals surface area contributed by atoms with E-state index in [1.165, 1.54) is 0 Å². The number of nitrogen functional groups attached to an aromatic ring is 1. The number of rotatable bonds is 5. The van der Waals surface area contributed by atoms with Crippen molar-refractivity contribution in [1.29, 1.82) is 0 Å². The number of nitrogens with two attached hydrogens (primary N) is 1. The molecule has 1 saturated heterocycles. The number of aromatic nitrogens is 6. The van der Waals surface area contributed by atoms with Crippen molar-refractivity contribution in [2.75, 3.05) is 23.7 Å². The summed E-state index contributed by atoms with van der Waals surface area (Å²) in [6.07, 6.45) is 2.28. The SMILES string of the molecule is Nc1cc(-c2ccc(C(=O)NCc3nn[nH]n3)cc2)nc(N2CCCC2)n1. The molecule has 10 heteroatoms. The number of nitrogens with zero attached hydrogens (tertiary/aromatic N) is 6. The van der Waals surface area contributed by atoms with Gasteiger partial charge in [-0.25, -0.2) is 4.98 Å². The summed E-state index contributed by atoms with van der Waals surface area (Å²) in [7, 11) is 0. The van der Waals surface area contributed by atoms with Crippen LogP contribution in [0.3, 0.4) is 0 Å². The molecule has 3 heterocycles. The molecule has 1 aliphatic rings. The second-order valence-corrected chi connectivity index (χ2v) is 6.26. The molecule has 2 aromatic heterocycles. The van der Waals surface area contributed by atoms with Crippen LogP contribution in [-0.4, -0.2) is 49.6 Å². The van der Waals surface area contributed by atoms with Crippen LogP contribution in [0.5, 0.6) is 0 Å². The lowest BCUT2D eigenvalue weighted by Crippen LogP contribution is -2.23. The minimum atomic E-state index is -0.216. The number of benzene rings is 1. The normalized spacial score (nSPS) is 13.7. The lowest BCUT2D eigenvalue weighted by atomic mass is 10.1. The predicted octanol–water partition coefficient (Wildman–Crippen LogP) is 0.769. The number of carbonyl (C=O) groups is 1. The standard InChI is InChI=1S/C17H19N9O/c18-14-9-13(20-17(21-14)26-7-1-2-8-26)11-3-5-12(6-4-11)16(27)19-10-15-22-24-25-23-15/h3-6,9H,1-2,7-8,10H2,(H,19,27)(H2,18,20,21)(H,22,23,24,25). The highest BCUT2D eigenvalue weighted by atomic mass is 16.1. The van der Waals surface area contributed by atoms with E-state index in [4.69, 9.17) is 5.73 Å². The Bertz CT molecular complexity index is 918. The molecule has 1 aromatic carbocycles. The summed E-state index contributed by atoms with van der Waals surface area (Å²) in [5, 5.41) is 16.1. The first-order valence-corrected chi connectivity index (χ1v) is 8.69. The molecule has 0 aliphatic carbocycles. The van der Waals surface area contributed by atoms with Crippen LogP contribution in [0, 0.1) is 0 Å². The fourth-order valence-corrected chi connectivity index (χ4v) is 2.97. The van der Waals surface area contributed by atoms with Gasteiger partial charge in [-0.15, -0.1) is 10.2 Å². The first-order valence-electron chi connectivity index (χ1n) is 8.69. The Morgan fingerprint density at radius 1 is 1.19 bits per heavy atom. The first-order chi connectivity index (χ1) is 13.2. The summed E-state index contributed by atoms with van der Waals surface area (Å²) in [6.45, 7) is 2.10. The van der Waals surface area contributed by atoms with E-state index in [1.54, 1.807) is 18.2 Å². The highest BCUT2D eigenvalue weighted by molar-refractivity contribution is 5.94. The Kier molecular flexibility index (Phi) is 4.60. The van der Waals surface area contributed by atoms with Crippen molar-refractivity contribution >= 4 is 17.7 Å². The number of H-pyrrole nitrogens is 1. The summed E-state index contributed by atoms with van der Waals surface area (Å²) in [5.74, 6) is 1.30. The van der Waals surface area contributed by atoms with Crippen LogP contribution >= 0.6 is 0 Å². The molecule has 1 amide bonds. The molecule has 3 aromatic rings. The molecule has 0 radical (unpaired) electrons. The van der Waals surface area contributed by atoms with Crippen molar-refractivity contribution in [1.82, 2.24) is 35.9 Å². The topological polar surface area (TPSA) is 139 Å². The van der Waals surface area contributed by atoms with Gasteiger partial charge in [0, 0.05) is 30.3 Å². The van der Waals surface area contributed by atoms with E-state index in [-0.39, 0.29) is 12.5 Å². The number of tetrazole rings is 1. The van der Waals surface area contributed by atoms with Crippen molar-refractivity contribution in [3.63, 3.8) is 0 Å². The lowest BCUT2D eigenvalue weighted by Gasteiger charge is -2.16. The van der Waals surface area contributed by atoms with E-state index < -0.39 is 0 Å². The monoisotopic (exact) mass is 365 g/mol. The molecular weight excluding hydrogens is 346 g/mol. The van der Waals surface area contributed by atoms with E-state index in [0.717, 1.165) is 37.2 Å². The van der Waals surface area contributed by atoms with Crippen LogP contribution in [-0.2, 0) is 6.54 Å². The molecule has 0 saturated carbocycles. The highest BCUT2D eigenvalue weighted by Crippen LogP contribution is 2.24. The third-order valence-corrected chi connectivity index (χ3v) is 4.36. The molecule has 0 bridgehead atoms. The van der Waals surface area contributed by atoms with E-state index >= 15 is 0 Å². The van der Waals surface area contributed by atoms with Crippen LogP contribution in [0.15, 0.2) is 30.3 Å². The zero-order valence-electron chi connectivity index (χ0n) is 14.6. The van der Waals surface area contributed by atoms with Gasteiger partial charge in [-0.2, -0.15) is 10.2 Å².